The Bertz CT molecular complexity index is 556. The van der Waals surface area contributed by atoms with Gasteiger partial charge in [-0.1, -0.05) is 20.8 Å². The minimum absolute atomic E-state index is 0.248. The van der Waals surface area contributed by atoms with Gasteiger partial charge in [0.05, 0.1) is 7.57 Å². The standard InChI is InChI=1S/C12H20Br2N2O2S2/c1-4-5-16(8-12(2,3)7-15)20(17,18)9-6-10(13)19-11(9)14/h6H,4-5,7-8,15H2,1-3H3. The predicted octanol–water partition coefficient (Wildman–Crippen LogP) is 3.66. The summed E-state index contributed by atoms with van der Waals surface area (Å²) < 4.78 is 28.5. The summed E-state index contributed by atoms with van der Waals surface area (Å²) in [7, 11) is -3.51. The molecule has 1 aromatic heterocycles. The van der Waals surface area contributed by atoms with Crippen LogP contribution in [0.4, 0.5) is 0 Å². The second-order valence-electron chi connectivity index (χ2n) is 5.40. The van der Waals surface area contributed by atoms with Crippen molar-refractivity contribution >= 4 is 53.2 Å². The summed E-state index contributed by atoms with van der Waals surface area (Å²) in [5.41, 5.74) is 5.48. The van der Waals surface area contributed by atoms with E-state index < -0.39 is 10.0 Å². The first-order valence-electron chi connectivity index (χ1n) is 6.29. The maximum atomic E-state index is 12.8. The zero-order valence-corrected chi connectivity index (χ0v) is 16.6. The van der Waals surface area contributed by atoms with Gasteiger partial charge >= 0.3 is 0 Å². The molecule has 20 heavy (non-hydrogen) atoms. The zero-order valence-electron chi connectivity index (χ0n) is 11.8. The van der Waals surface area contributed by atoms with Crippen LogP contribution in [0.15, 0.2) is 18.5 Å². The van der Waals surface area contributed by atoms with E-state index in [-0.39, 0.29) is 5.41 Å². The van der Waals surface area contributed by atoms with Crippen LogP contribution in [0.1, 0.15) is 27.2 Å². The second-order valence-corrected chi connectivity index (χ2v) is 11.1. The number of nitrogens with zero attached hydrogens (tertiary/aromatic N) is 1. The Morgan fingerprint density at radius 3 is 2.40 bits per heavy atom. The molecule has 0 radical (unpaired) electrons. The number of sulfonamides is 1. The lowest BCUT2D eigenvalue weighted by molar-refractivity contribution is 0.266. The first kappa shape index (κ1) is 18.6. The van der Waals surface area contributed by atoms with Crippen LogP contribution in [-0.2, 0) is 10.0 Å². The van der Waals surface area contributed by atoms with Gasteiger partial charge in [0.1, 0.15) is 4.90 Å². The Labute approximate surface area is 142 Å². The highest BCUT2D eigenvalue weighted by molar-refractivity contribution is 9.12. The fraction of sp³-hybridized carbons (Fsp3) is 0.667. The Hall–Kier alpha value is 0.530. The van der Waals surface area contributed by atoms with Gasteiger partial charge in [0.15, 0.2) is 0 Å². The molecule has 4 nitrogen and oxygen atoms in total. The SMILES string of the molecule is CCCN(CC(C)(C)CN)S(=O)(=O)c1cc(Br)sc1Br. The molecule has 2 N–H and O–H groups in total. The van der Waals surface area contributed by atoms with Crippen LogP contribution < -0.4 is 5.73 Å². The van der Waals surface area contributed by atoms with E-state index in [0.29, 0.717) is 28.3 Å². The first-order chi connectivity index (χ1) is 9.14. The van der Waals surface area contributed by atoms with E-state index in [2.05, 4.69) is 31.9 Å². The van der Waals surface area contributed by atoms with Crippen LogP contribution in [-0.4, -0.2) is 32.4 Å². The summed E-state index contributed by atoms with van der Waals surface area (Å²) in [4.78, 5) is 0.315. The van der Waals surface area contributed by atoms with E-state index in [9.17, 15) is 8.42 Å². The van der Waals surface area contributed by atoms with Crippen molar-refractivity contribution in [3.8, 4) is 0 Å². The van der Waals surface area contributed by atoms with Gasteiger partial charge in [0.2, 0.25) is 10.0 Å². The number of thiophene rings is 1. The summed E-state index contributed by atoms with van der Waals surface area (Å²) in [6, 6.07) is 1.64. The number of hydrogen-bond donors (Lipinski definition) is 1. The lowest BCUT2D eigenvalue weighted by Crippen LogP contribution is -2.42. The van der Waals surface area contributed by atoms with Crippen molar-refractivity contribution in [1.29, 1.82) is 0 Å². The molecular weight excluding hydrogens is 428 g/mol. The van der Waals surface area contributed by atoms with Gasteiger partial charge in [-0.15, -0.1) is 11.3 Å². The van der Waals surface area contributed by atoms with Crippen LogP contribution in [0.3, 0.4) is 0 Å². The molecule has 8 heteroatoms. The lowest BCUT2D eigenvalue weighted by atomic mass is 9.94. The number of rotatable bonds is 7. The quantitative estimate of drug-likeness (QED) is 0.693. The molecular formula is C12H20Br2N2O2S2. The van der Waals surface area contributed by atoms with Crippen LogP contribution in [0, 0.1) is 5.41 Å². The van der Waals surface area contributed by atoms with Crippen LogP contribution in [0.25, 0.3) is 0 Å². The molecule has 0 fully saturated rings. The van der Waals surface area contributed by atoms with Crippen molar-refractivity contribution in [2.45, 2.75) is 32.1 Å². The van der Waals surface area contributed by atoms with E-state index in [0.717, 1.165) is 10.2 Å². The maximum absolute atomic E-state index is 12.8. The molecule has 1 aromatic rings. The van der Waals surface area contributed by atoms with Crippen molar-refractivity contribution in [3.05, 3.63) is 13.6 Å². The minimum atomic E-state index is -3.51. The molecule has 0 aliphatic heterocycles. The summed E-state index contributed by atoms with van der Waals surface area (Å²) in [5.74, 6) is 0. The Balaban J connectivity index is 3.16. The van der Waals surface area contributed by atoms with E-state index in [1.54, 1.807) is 6.07 Å². The summed E-state index contributed by atoms with van der Waals surface area (Å²) in [6.07, 6.45) is 0.767. The van der Waals surface area contributed by atoms with E-state index in [4.69, 9.17) is 5.73 Å². The van der Waals surface area contributed by atoms with Crippen molar-refractivity contribution in [2.75, 3.05) is 19.6 Å². The molecule has 0 aromatic carbocycles. The number of nitrogens with two attached hydrogens (primary N) is 1. The molecule has 0 aliphatic carbocycles. The van der Waals surface area contributed by atoms with E-state index >= 15 is 0 Å². The van der Waals surface area contributed by atoms with Crippen LogP contribution in [0.2, 0.25) is 0 Å². The smallest absolute Gasteiger partial charge is 0.245 e. The Morgan fingerprint density at radius 2 is 2.00 bits per heavy atom. The number of hydrogen-bond acceptors (Lipinski definition) is 4. The van der Waals surface area contributed by atoms with Crippen molar-refractivity contribution in [3.63, 3.8) is 0 Å². The summed E-state index contributed by atoms with van der Waals surface area (Å²) >= 11 is 8.01. The molecule has 1 heterocycles. The van der Waals surface area contributed by atoms with Crippen LogP contribution >= 0.6 is 43.2 Å². The minimum Gasteiger partial charge on any atom is -0.330 e. The van der Waals surface area contributed by atoms with Gasteiger partial charge in [0.25, 0.3) is 0 Å². The highest BCUT2D eigenvalue weighted by atomic mass is 79.9. The van der Waals surface area contributed by atoms with Gasteiger partial charge < -0.3 is 5.73 Å². The third kappa shape index (κ3) is 4.51. The summed E-state index contributed by atoms with van der Waals surface area (Å²) in [5, 5.41) is 0. The normalized spacial score (nSPS) is 13.2. The molecule has 0 spiro atoms. The molecule has 116 valence electrons. The Morgan fingerprint density at radius 1 is 1.40 bits per heavy atom. The topological polar surface area (TPSA) is 63.4 Å². The first-order valence-corrected chi connectivity index (χ1v) is 10.1. The van der Waals surface area contributed by atoms with Gasteiger partial charge in [-0.3, -0.25) is 0 Å². The van der Waals surface area contributed by atoms with Crippen LogP contribution in [0.5, 0.6) is 0 Å². The highest BCUT2D eigenvalue weighted by Crippen LogP contribution is 2.36. The average molecular weight is 448 g/mol. The van der Waals surface area contributed by atoms with Gasteiger partial charge in [-0.05, 0) is 56.3 Å². The molecule has 1 rings (SSSR count). The summed E-state index contributed by atoms with van der Waals surface area (Å²) in [6.45, 7) is 7.27. The van der Waals surface area contributed by atoms with E-state index in [1.165, 1.54) is 15.6 Å². The van der Waals surface area contributed by atoms with Crippen molar-refractivity contribution < 1.29 is 8.42 Å². The third-order valence-electron chi connectivity index (χ3n) is 2.87. The Kier molecular flexibility index (Phi) is 6.68. The molecule has 0 aliphatic rings. The highest BCUT2D eigenvalue weighted by Gasteiger charge is 2.31. The number of halogens is 2. The maximum Gasteiger partial charge on any atom is 0.245 e. The molecule has 0 atom stereocenters. The lowest BCUT2D eigenvalue weighted by Gasteiger charge is -2.30. The molecule has 0 bridgehead atoms. The van der Waals surface area contributed by atoms with E-state index in [1.807, 2.05) is 20.8 Å². The molecule has 0 unspecified atom stereocenters. The molecule has 0 amide bonds. The van der Waals surface area contributed by atoms with Gasteiger partial charge in [-0.2, -0.15) is 4.31 Å². The van der Waals surface area contributed by atoms with Gasteiger partial charge in [-0.25, -0.2) is 8.42 Å². The average Bonchev–Trinajstić information content (AvgIpc) is 2.68. The fourth-order valence-corrected chi connectivity index (χ4v) is 7.20. The van der Waals surface area contributed by atoms with Gasteiger partial charge in [0, 0.05) is 13.1 Å². The third-order valence-corrected chi connectivity index (χ3v) is 7.47. The monoisotopic (exact) mass is 446 g/mol. The predicted molar refractivity (Wildman–Crippen MR) is 91.6 cm³/mol. The second kappa shape index (κ2) is 7.19. The molecule has 0 saturated heterocycles. The largest absolute Gasteiger partial charge is 0.330 e. The zero-order chi connectivity index (χ0) is 15.6. The van der Waals surface area contributed by atoms with Crippen molar-refractivity contribution in [1.82, 2.24) is 4.31 Å². The fourth-order valence-electron chi connectivity index (χ4n) is 1.72. The van der Waals surface area contributed by atoms with Crippen molar-refractivity contribution in [2.24, 2.45) is 11.1 Å². The molecule has 0 saturated carbocycles.